The molecule has 0 aliphatic carbocycles. The van der Waals surface area contributed by atoms with Crippen molar-refractivity contribution < 1.29 is 0 Å². The molecule has 0 amide bonds. The van der Waals surface area contributed by atoms with E-state index in [1.54, 1.807) is 22.7 Å². The van der Waals surface area contributed by atoms with Gasteiger partial charge in [0.2, 0.25) is 0 Å². The average Bonchev–Trinajstić information content (AvgIpc) is 3.12. The molecule has 21 heavy (non-hydrogen) atoms. The molecule has 0 saturated heterocycles. The van der Waals surface area contributed by atoms with Crippen LogP contribution in [-0.2, 0) is 12.0 Å². The number of nitrogens with one attached hydrogen (secondary N) is 2. The fraction of sp³-hybridized carbons (Fsp3) is 0.400. The van der Waals surface area contributed by atoms with Gasteiger partial charge in [-0.15, -0.1) is 46.7 Å². The second-order valence-electron chi connectivity index (χ2n) is 5.22. The Morgan fingerprint density at radius 3 is 2.43 bits per heavy atom. The van der Waals surface area contributed by atoms with Crippen molar-refractivity contribution in [3.05, 3.63) is 44.8 Å². The smallest absolute Gasteiger partial charge is 0.191 e. The van der Waals surface area contributed by atoms with Crippen LogP contribution in [0, 0.1) is 0 Å². The molecule has 0 bridgehead atoms. The topological polar surface area (TPSA) is 36.4 Å². The number of nitrogens with zero attached hydrogens (tertiary/aromatic N) is 1. The number of hydrogen-bond donors (Lipinski definition) is 2. The first-order valence-electron chi connectivity index (χ1n) is 6.63. The van der Waals surface area contributed by atoms with E-state index in [1.165, 1.54) is 9.75 Å². The van der Waals surface area contributed by atoms with E-state index < -0.39 is 0 Å². The zero-order valence-corrected chi connectivity index (χ0v) is 16.5. The normalized spacial score (nSPS) is 11.9. The minimum absolute atomic E-state index is 0. The Labute approximate surface area is 151 Å². The lowest BCUT2D eigenvalue weighted by atomic mass is 9.91. The number of hydrogen-bond acceptors (Lipinski definition) is 3. The number of halogens is 1. The molecule has 6 heteroatoms. The Hall–Kier alpha value is -0.600. The van der Waals surface area contributed by atoms with Crippen LogP contribution in [0.4, 0.5) is 0 Å². The van der Waals surface area contributed by atoms with Gasteiger partial charge in [-0.2, -0.15) is 0 Å². The molecule has 0 aliphatic heterocycles. The largest absolute Gasteiger partial charge is 0.356 e. The summed E-state index contributed by atoms with van der Waals surface area (Å²) in [5.74, 6) is 0.850. The van der Waals surface area contributed by atoms with Crippen molar-refractivity contribution in [1.82, 2.24) is 10.6 Å². The van der Waals surface area contributed by atoms with Gasteiger partial charge in [0.25, 0.3) is 0 Å². The Kier molecular flexibility index (Phi) is 7.69. The molecule has 0 atom stereocenters. The highest BCUT2D eigenvalue weighted by molar-refractivity contribution is 14.0. The molecule has 2 rings (SSSR count). The van der Waals surface area contributed by atoms with Crippen LogP contribution in [0.3, 0.4) is 0 Å². The molecule has 0 aromatic carbocycles. The van der Waals surface area contributed by atoms with Gasteiger partial charge >= 0.3 is 0 Å². The van der Waals surface area contributed by atoms with E-state index in [-0.39, 0.29) is 29.4 Å². The van der Waals surface area contributed by atoms with E-state index in [4.69, 9.17) is 0 Å². The van der Waals surface area contributed by atoms with Crippen LogP contribution >= 0.6 is 46.7 Å². The minimum Gasteiger partial charge on any atom is -0.356 e. The standard InChI is InChI=1S/C15H21N3S2.HI/c1-15(2,13-7-5-9-20-13)11-18-14(16-3)17-10-12-6-4-8-19-12;/h4-9H,10-11H2,1-3H3,(H2,16,17,18);1H. The third kappa shape index (κ3) is 5.60. The van der Waals surface area contributed by atoms with Crippen molar-refractivity contribution in [2.24, 2.45) is 4.99 Å². The molecule has 0 spiro atoms. The number of thiophene rings is 2. The number of rotatable bonds is 5. The first-order valence-corrected chi connectivity index (χ1v) is 8.38. The lowest BCUT2D eigenvalue weighted by molar-refractivity contribution is 0.518. The lowest BCUT2D eigenvalue weighted by Crippen LogP contribution is -2.42. The highest BCUT2D eigenvalue weighted by atomic mass is 127. The zero-order valence-electron chi connectivity index (χ0n) is 12.6. The summed E-state index contributed by atoms with van der Waals surface area (Å²) in [4.78, 5) is 6.97. The van der Waals surface area contributed by atoms with Gasteiger partial charge in [-0.25, -0.2) is 0 Å². The summed E-state index contributed by atoms with van der Waals surface area (Å²) in [6.07, 6.45) is 0. The second kappa shape index (κ2) is 8.75. The summed E-state index contributed by atoms with van der Waals surface area (Å²) >= 11 is 3.56. The Balaban J connectivity index is 0.00000220. The van der Waals surface area contributed by atoms with Gasteiger partial charge in [0.05, 0.1) is 6.54 Å². The molecule has 2 aromatic rings. The summed E-state index contributed by atoms with van der Waals surface area (Å²) in [6.45, 7) is 6.17. The van der Waals surface area contributed by atoms with Crippen molar-refractivity contribution in [2.45, 2.75) is 25.8 Å². The third-order valence-corrected chi connectivity index (χ3v) is 5.23. The molecule has 116 valence electrons. The zero-order chi connectivity index (χ0) is 14.4. The van der Waals surface area contributed by atoms with Gasteiger partial charge in [0.15, 0.2) is 5.96 Å². The predicted molar refractivity (Wildman–Crippen MR) is 105 cm³/mol. The van der Waals surface area contributed by atoms with Crippen LogP contribution in [0.5, 0.6) is 0 Å². The summed E-state index contributed by atoms with van der Waals surface area (Å²) < 4.78 is 0. The highest BCUT2D eigenvalue weighted by Gasteiger charge is 2.21. The van der Waals surface area contributed by atoms with Crippen LogP contribution in [0.2, 0.25) is 0 Å². The number of guanidine groups is 1. The van der Waals surface area contributed by atoms with Gasteiger partial charge in [0.1, 0.15) is 0 Å². The van der Waals surface area contributed by atoms with Gasteiger partial charge in [-0.05, 0) is 22.9 Å². The van der Waals surface area contributed by atoms with Crippen molar-refractivity contribution in [2.75, 3.05) is 13.6 Å². The molecule has 2 N–H and O–H groups in total. The molecule has 0 aliphatic rings. The van der Waals surface area contributed by atoms with Gasteiger partial charge in [-0.1, -0.05) is 26.0 Å². The fourth-order valence-electron chi connectivity index (χ4n) is 1.86. The SMILES string of the molecule is CN=C(NCc1cccs1)NCC(C)(C)c1cccs1.I. The van der Waals surface area contributed by atoms with Crippen LogP contribution < -0.4 is 10.6 Å². The maximum absolute atomic E-state index is 4.27. The molecular formula is C15H22IN3S2. The summed E-state index contributed by atoms with van der Waals surface area (Å²) in [5, 5.41) is 11.0. The Morgan fingerprint density at radius 1 is 1.14 bits per heavy atom. The van der Waals surface area contributed by atoms with Gasteiger partial charge < -0.3 is 10.6 Å². The van der Waals surface area contributed by atoms with E-state index >= 15 is 0 Å². The second-order valence-corrected chi connectivity index (χ2v) is 7.20. The first-order chi connectivity index (χ1) is 9.62. The maximum atomic E-state index is 4.27. The number of aliphatic imine (C=N–C) groups is 1. The summed E-state index contributed by atoms with van der Waals surface area (Å²) in [5.41, 5.74) is 0.106. The van der Waals surface area contributed by atoms with E-state index in [0.717, 1.165) is 19.0 Å². The summed E-state index contributed by atoms with van der Waals surface area (Å²) in [6, 6.07) is 8.48. The van der Waals surface area contributed by atoms with E-state index in [1.807, 2.05) is 7.05 Å². The Bertz CT molecular complexity index is 533. The molecular weight excluding hydrogens is 413 g/mol. The van der Waals surface area contributed by atoms with Crippen LogP contribution in [0.15, 0.2) is 40.0 Å². The van der Waals surface area contributed by atoms with E-state index in [0.29, 0.717) is 0 Å². The van der Waals surface area contributed by atoms with Crippen LogP contribution in [0.1, 0.15) is 23.6 Å². The molecule has 0 saturated carbocycles. The highest BCUT2D eigenvalue weighted by Crippen LogP contribution is 2.26. The molecule has 2 aromatic heterocycles. The average molecular weight is 435 g/mol. The first kappa shape index (κ1) is 18.4. The molecule has 3 nitrogen and oxygen atoms in total. The predicted octanol–water partition coefficient (Wildman–Crippen LogP) is 4.07. The lowest BCUT2D eigenvalue weighted by Gasteiger charge is -2.25. The molecule has 0 fully saturated rings. The van der Waals surface area contributed by atoms with Crippen LogP contribution in [0.25, 0.3) is 0 Å². The molecule has 2 heterocycles. The van der Waals surface area contributed by atoms with Crippen molar-refractivity contribution >= 4 is 52.6 Å². The van der Waals surface area contributed by atoms with Crippen molar-refractivity contribution in [3.8, 4) is 0 Å². The third-order valence-electron chi connectivity index (χ3n) is 3.12. The maximum Gasteiger partial charge on any atom is 0.191 e. The quantitative estimate of drug-likeness (QED) is 0.422. The monoisotopic (exact) mass is 435 g/mol. The summed E-state index contributed by atoms with van der Waals surface area (Å²) in [7, 11) is 1.81. The molecule has 0 radical (unpaired) electrons. The van der Waals surface area contributed by atoms with Crippen molar-refractivity contribution in [1.29, 1.82) is 0 Å². The molecule has 0 unspecified atom stereocenters. The van der Waals surface area contributed by atoms with Crippen molar-refractivity contribution in [3.63, 3.8) is 0 Å². The Morgan fingerprint density at radius 2 is 1.86 bits per heavy atom. The van der Waals surface area contributed by atoms with Gasteiger partial charge in [0, 0.05) is 28.8 Å². The van der Waals surface area contributed by atoms with Gasteiger partial charge in [-0.3, -0.25) is 4.99 Å². The van der Waals surface area contributed by atoms with Crippen LogP contribution in [-0.4, -0.2) is 19.6 Å². The minimum atomic E-state index is 0. The fourth-order valence-corrected chi connectivity index (χ4v) is 3.36. The van der Waals surface area contributed by atoms with E-state index in [9.17, 15) is 0 Å². The van der Waals surface area contributed by atoms with E-state index in [2.05, 4.69) is 64.5 Å².